The van der Waals surface area contributed by atoms with Gasteiger partial charge in [0.15, 0.2) is 11.6 Å². The van der Waals surface area contributed by atoms with Gasteiger partial charge in [0.2, 0.25) is 0 Å². The summed E-state index contributed by atoms with van der Waals surface area (Å²) in [6, 6.07) is 7.47. The molecule has 4 aromatic rings. The SMILES string of the molecule is CC1Cc2c(ccc3cc(O)cc(-c4c(F)c5nc(OC[C@]67C[C@@H](F)CN6CC6(CCC6)C7)nc6c5n(c4=O)CCC4C5CCC(CN64)N5)c23)O1. The van der Waals surface area contributed by atoms with Gasteiger partial charge in [-0.25, -0.2) is 8.78 Å². The lowest BCUT2D eigenvalue weighted by Crippen LogP contribution is -2.58. The van der Waals surface area contributed by atoms with Crippen molar-refractivity contribution in [2.24, 2.45) is 5.41 Å². The summed E-state index contributed by atoms with van der Waals surface area (Å²) in [6.45, 7) is 4.58. The Labute approximate surface area is 293 Å². The number of benzene rings is 2. The van der Waals surface area contributed by atoms with Gasteiger partial charge in [0.1, 0.15) is 41.4 Å². The van der Waals surface area contributed by atoms with E-state index in [2.05, 4.69) is 15.1 Å². The predicted octanol–water partition coefficient (Wildman–Crippen LogP) is 5.23. The molecule has 4 saturated heterocycles. The molecule has 6 atom stereocenters. The summed E-state index contributed by atoms with van der Waals surface area (Å²) < 4.78 is 46.7. The summed E-state index contributed by atoms with van der Waals surface area (Å²) >= 11 is 0. The number of rotatable bonds is 4. The highest BCUT2D eigenvalue weighted by Crippen LogP contribution is 2.57. The third-order valence-corrected chi connectivity index (χ3v) is 13.5. The smallest absolute Gasteiger partial charge is 0.319 e. The first-order valence-corrected chi connectivity index (χ1v) is 18.8. The average Bonchev–Trinajstić information content (AvgIpc) is 3.80. The molecule has 2 aromatic heterocycles. The second kappa shape index (κ2) is 10.5. The van der Waals surface area contributed by atoms with Crippen LogP contribution in [0.25, 0.3) is 32.9 Å². The summed E-state index contributed by atoms with van der Waals surface area (Å²) in [5.74, 6) is 0.408. The van der Waals surface area contributed by atoms with Gasteiger partial charge in [0, 0.05) is 68.3 Å². The second-order valence-corrected chi connectivity index (χ2v) is 16.7. The fourth-order valence-electron chi connectivity index (χ4n) is 11.3. The number of piperazine rings is 1. The Morgan fingerprint density at radius 3 is 2.88 bits per heavy atom. The van der Waals surface area contributed by atoms with Crippen LogP contribution in [0.3, 0.4) is 0 Å². The highest BCUT2D eigenvalue weighted by molar-refractivity contribution is 6.03. The minimum Gasteiger partial charge on any atom is -0.508 e. The van der Waals surface area contributed by atoms with Gasteiger partial charge >= 0.3 is 6.01 Å². The lowest BCUT2D eigenvalue weighted by atomic mass is 9.65. The Balaban J connectivity index is 1.10. The van der Waals surface area contributed by atoms with Gasteiger partial charge in [0.25, 0.3) is 5.56 Å². The normalized spacial score (nSPS) is 31.4. The molecule has 5 fully saturated rings. The first-order chi connectivity index (χ1) is 24.7. The van der Waals surface area contributed by atoms with Crippen LogP contribution >= 0.6 is 0 Å². The average molecular weight is 697 g/mol. The van der Waals surface area contributed by atoms with Crippen molar-refractivity contribution in [1.82, 2.24) is 24.8 Å². The molecule has 1 spiro atoms. The number of nitrogens with zero attached hydrogens (tertiary/aromatic N) is 5. The number of aryl methyl sites for hydroxylation is 1. The van der Waals surface area contributed by atoms with Crippen molar-refractivity contribution in [3.63, 3.8) is 0 Å². The van der Waals surface area contributed by atoms with Crippen molar-refractivity contribution in [2.75, 3.05) is 31.1 Å². The van der Waals surface area contributed by atoms with E-state index >= 15 is 4.39 Å². The van der Waals surface area contributed by atoms with Crippen LogP contribution in [0.2, 0.25) is 0 Å². The number of phenolic OH excluding ortho intramolecular Hbond substituents is 1. The molecule has 4 unspecified atom stereocenters. The maximum absolute atomic E-state index is 17.5. The summed E-state index contributed by atoms with van der Waals surface area (Å²) in [6.07, 6.45) is 7.21. The number of anilines is 1. The minimum absolute atomic E-state index is 0.0239. The predicted molar refractivity (Wildman–Crippen MR) is 188 cm³/mol. The number of halogens is 2. The zero-order valence-corrected chi connectivity index (χ0v) is 28.8. The molecule has 12 heteroatoms. The third kappa shape index (κ3) is 4.35. The molecule has 2 aromatic carbocycles. The fourth-order valence-corrected chi connectivity index (χ4v) is 11.3. The molecule has 266 valence electrons. The van der Waals surface area contributed by atoms with E-state index in [9.17, 15) is 14.3 Å². The van der Waals surface area contributed by atoms with Gasteiger partial charge in [-0.1, -0.05) is 12.5 Å². The van der Waals surface area contributed by atoms with Gasteiger partial charge in [-0.15, -0.1) is 0 Å². The van der Waals surface area contributed by atoms with E-state index in [0.717, 1.165) is 44.2 Å². The molecule has 8 heterocycles. The van der Waals surface area contributed by atoms with Crippen LogP contribution in [0.5, 0.6) is 17.5 Å². The van der Waals surface area contributed by atoms with Gasteiger partial charge in [-0.05, 0) is 79.8 Å². The molecule has 10 nitrogen and oxygen atoms in total. The van der Waals surface area contributed by atoms with E-state index in [1.165, 1.54) is 12.5 Å². The Bertz CT molecular complexity index is 2220. The molecule has 2 bridgehead atoms. The van der Waals surface area contributed by atoms with Crippen molar-refractivity contribution in [2.45, 2.75) is 107 Å². The first kappa shape index (κ1) is 30.6. The Morgan fingerprint density at radius 2 is 2.04 bits per heavy atom. The molecule has 0 radical (unpaired) electrons. The van der Waals surface area contributed by atoms with Crippen molar-refractivity contribution in [1.29, 1.82) is 0 Å². The molecular weight excluding hydrogens is 654 g/mol. The molecule has 0 amide bonds. The van der Waals surface area contributed by atoms with E-state index < -0.39 is 23.1 Å². The summed E-state index contributed by atoms with van der Waals surface area (Å²) in [7, 11) is 0. The Kier molecular flexibility index (Phi) is 6.31. The zero-order chi connectivity index (χ0) is 34.4. The molecule has 2 N–H and O–H groups in total. The highest BCUT2D eigenvalue weighted by Gasteiger charge is 2.60. The number of fused-ring (bicyclic) bond motifs is 9. The molecule has 6 aliphatic heterocycles. The second-order valence-electron chi connectivity index (χ2n) is 16.7. The first-order valence-electron chi connectivity index (χ1n) is 18.8. The topological polar surface area (TPSA) is 105 Å². The molecule has 51 heavy (non-hydrogen) atoms. The number of hydrogen-bond acceptors (Lipinski definition) is 9. The van der Waals surface area contributed by atoms with Crippen LogP contribution in [0.1, 0.15) is 63.9 Å². The number of pyridine rings is 1. The number of nitrogens with one attached hydrogen (secondary N) is 1. The zero-order valence-electron chi connectivity index (χ0n) is 28.8. The standard InChI is InChI=1S/C39H42F2N6O4/c1-20-11-25-29(51-20)6-3-21-12-24(48)13-26(30(21)25)31-32(41)33-34-35(47-16-23-4-5-27(42-23)28(47)7-10-46(34)36(31)49)44-37(43-33)50-19-39-14-22(40)15-45(39)18-38(17-39)8-2-9-38/h3,6,12-13,20,22-23,27-28,42,48H,2,4-5,7-11,14-19H2,1H3/t20?,22-,23?,27?,28?,39-/m1/s1. The van der Waals surface area contributed by atoms with Crippen LogP contribution in [0.4, 0.5) is 14.6 Å². The molecule has 11 rings (SSSR count). The Morgan fingerprint density at radius 1 is 1.16 bits per heavy atom. The van der Waals surface area contributed by atoms with Gasteiger partial charge in [0.05, 0.1) is 11.1 Å². The number of alkyl halides is 1. The minimum atomic E-state index is -0.910. The quantitative estimate of drug-likeness (QED) is 0.297. The van der Waals surface area contributed by atoms with Gasteiger partial charge in [-0.2, -0.15) is 9.97 Å². The fraction of sp³-hybridized carbons (Fsp3) is 0.564. The van der Waals surface area contributed by atoms with Crippen LogP contribution in [-0.2, 0) is 13.0 Å². The largest absolute Gasteiger partial charge is 0.508 e. The van der Waals surface area contributed by atoms with E-state index in [-0.39, 0.29) is 59.1 Å². The number of ether oxygens (including phenoxy) is 2. The number of hydrogen-bond donors (Lipinski definition) is 2. The van der Waals surface area contributed by atoms with Crippen LogP contribution < -0.4 is 25.2 Å². The van der Waals surface area contributed by atoms with Crippen LogP contribution in [0.15, 0.2) is 29.1 Å². The summed E-state index contributed by atoms with van der Waals surface area (Å²) in [5, 5.41) is 16.1. The van der Waals surface area contributed by atoms with E-state index in [4.69, 9.17) is 19.4 Å². The van der Waals surface area contributed by atoms with E-state index in [1.807, 2.05) is 19.1 Å². The van der Waals surface area contributed by atoms with Crippen LogP contribution in [-0.4, -0.2) is 86.7 Å². The summed E-state index contributed by atoms with van der Waals surface area (Å²) in [4.78, 5) is 29.1. The molecule has 7 aliphatic rings. The van der Waals surface area contributed by atoms with Crippen LogP contribution in [0, 0.1) is 11.2 Å². The number of phenols is 1. The van der Waals surface area contributed by atoms with Gasteiger partial charge < -0.3 is 29.4 Å². The third-order valence-electron chi connectivity index (χ3n) is 13.5. The lowest BCUT2D eigenvalue weighted by Gasteiger charge is -2.41. The van der Waals surface area contributed by atoms with Crippen molar-refractivity contribution in [3.8, 4) is 28.6 Å². The maximum Gasteiger partial charge on any atom is 0.319 e. The maximum atomic E-state index is 17.5. The van der Waals surface area contributed by atoms with Crippen molar-refractivity contribution >= 4 is 27.6 Å². The monoisotopic (exact) mass is 696 g/mol. The highest BCUT2D eigenvalue weighted by atomic mass is 19.1. The van der Waals surface area contributed by atoms with E-state index in [0.29, 0.717) is 72.3 Å². The lowest BCUT2D eigenvalue weighted by molar-refractivity contribution is 0.104. The summed E-state index contributed by atoms with van der Waals surface area (Å²) in [5.41, 5.74) is 0.807. The molecule has 1 saturated carbocycles. The molecular formula is C39H42F2N6O4. The Hall–Kier alpha value is -4.03. The van der Waals surface area contributed by atoms with E-state index in [1.54, 1.807) is 10.6 Å². The van der Waals surface area contributed by atoms with Gasteiger partial charge in [-0.3, -0.25) is 9.69 Å². The van der Waals surface area contributed by atoms with Crippen molar-refractivity contribution in [3.05, 3.63) is 46.0 Å². The number of aromatic hydroxyl groups is 1. The van der Waals surface area contributed by atoms with Crippen molar-refractivity contribution < 1.29 is 23.4 Å². The molecule has 1 aliphatic carbocycles. The number of aromatic nitrogens is 3.